The summed E-state index contributed by atoms with van der Waals surface area (Å²) in [5.74, 6) is 1.14. The number of likely N-dealkylation sites (tertiary alicyclic amines) is 1. The number of hydrogen-bond donors (Lipinski definition) is 0. The van der Waals surface area contributed by atoms with E-state index in [-0.39, 0.29) is 5.75 Å². The molecule has 7 heteroatoms. The van der Waals surface area contributed by atoms with Crippen LogP contribution in [0.15, 0.2) is 41.8 Å². The van der Waals surface area contributed by atoms with E-state index < -0.39 is 6.36 Å². The minimum absolute atomic E-state index is 0.236. The highest BCUT2D eigenvalue weighted by Gasteiger charge is 2.32. The molecule has 3 rings (SSSR count). The Hall–Kier alpha value is -1.73. The van der Waals surface area contributed by atoms with Gasteiger partial charge in [-0.05, 0) is 61.6 Å². The first-order chi connectivity index (χ1) is 13.4. The lowest BCUT2D eigenvalue weighted by Gasteiger charge is -2.38. The van der Waals surface area contributed by atoms with E-state index in [9.17, 15) is 13.2 Å². The third-order valence-electron chi connectivity index (χ3n) is 5.08. The minimum atomic E-state index is -4.68. The van der Waals surface area contributed by atoms with E-state index in [1.807, 2.05) is 0 Å². The molecule has 1 aromatic carbocycles. The molecular formula is C21H26F3NO2S. The number of ether oxygens (including phenoxy) is 2. The van der Waals surface area contributed by atoms with E-state index in [4.69, 9.17) is 4.74 Å². The minimum Gasteiger partial charge on any atom is -0.493 e. The molecule has 2 heterocycles. The summed E-state index contributed by atoms with van der Waals surface area (Å²) in [5.41, 5.74) is 0. The second-order valence-electron chi connectivity index (χ2n) is 7.16. The Bertz CT molecular complexity index is 703. The van der Waals surface area contributed by atoms with Crippen LogP contribution >= 0.6 is 11.3 Å². The molecule has 1 fully saturated rings. The first-order valence-corrected chi connectivity index (χ1v) is 10.6. The molecule has 0 spiro atoms. The van der Waals surface area contributed by atoms with Crippen molar-refractivity contribution in [3.63, 3.8) is 0 Å². The third kappa shape index (κ3) is 6.14. The molecular weight excluding hydrogens is 387 g/mol. The third-order valence-corrected chi connectivity index (χ3v) is 6.08. The number of hydrogen-bond acceptors (Lipinski definition) is 4. The zero-order valence-corrected chi connectivity index (χ0v) is 16.8. The van der Waals surface area contributed by atoms with Crippen molar-refractivity contribution in [1.82, 2.24) is 4.90 Å². The normalized spacial score (nSPS) is 20.9. The van der Waals surface area contributed by atoms with Crippen LogP contribution in [0.1, 0.15) is 37.0 Å². The van der Waals surface area contributed by atoms with Crippen molar-refractivity contribution in [2.24, 2.45) is 5.92 Å². The number of nitrogens with zero attached hydrogens (tertiary/aromatic N) is 1. The molecule has 2 unspecified atom stereocenters. The van der Waals surface area contributed by atoms with E-state index in [0.29, 0.717) is 24.2 Å². The van der Waals surface area contributed by atoms with Crippen LogP contribution in [0.4, 0.5) is 13.2 Å². The molecule has 28 heavy (non-hydrogen) atoms. The number of rotatable bonds is 8. The van der Waals surface area contributed by atoms with Gasteiger partial charge in [-0.1, -0.05) is 19.4 Å². The zero-order valence-electron chi connectivity index (χ0n) is 16.0. The molecule has 1 aliphatic heterocycles. The average Bonchev–Trinajstić information content (AvgIpc) is 3.19. The van der Waals surface area contributed by atoms with E-state index in [1.165, 1.54) is 42.0 Å². The van der Waals surface area contributed by atoms with Crippen LogP contribution in [0.3, 0.4) is 0 Å². The number of alkyl halides is 3. The maximum Gasteiger partial charge on any atom is 0.573 e. The summed E-state index contributed by atoms with van der Waals surface area (Å²) in [7, 11) is 0. The monoisotopic (exact) mass is 413 g/mol. The fourth-order valence-electron chi connectivity index (χ4n) is 3.68. The van der Waals surface area contributed by atoms with E-state index in [0.717, 1.165) is 26.1 Å². The Kier molecular flexibility index (Phi) is 7.24. The summed E-state index contributed by atoms with van der Waals surface area (Å²) in [6.07, 6.45) is -1.20. The predicted molar refractivity (Wildman–Crippen MR) is 105 cm³/mol. The number of piperidine rings is 1. The van der Waals surface area contributed by atoms with Gasteiger partial charge in [0.2, 0.25) is 0 Å². The second kappa shape index (κ2) is 9.65. The summed E-state index contributed by atoms with van der Waals surface area (Å²) in [5, 5.41) is 2.11. The van der Waals surface area contributed by atoms with E-state index in [2.05, 4.69) is 34.1 Å². The number of halogens is 3. The molecule has 0 amide bonds. The van der Waals surface area contributed by atoms with Crippen molar-refractivity contribution in [2.45, 2.75) is 38.5 Å². The van der Waals surface area contributed by atoms with Crippen LogP contribution in [0, 0.1) is 5.92 Å². The van der Waals surface area contributed by atoms with Crippen LogP contribution in [-0.2, 0) is 0 Å². The summed E-state index contributed by atoms with van der Waals surface area (Å²) < 4.78 is 46.7. The van der Waals surface area contributed by atoms with Crippen LogP contribution in [0.2, 0.25) is 0 Å². The van der Waals surface area contributed by atoms with Gasteiger partial charge in [-0.15, -0.1) is 24.5 Å². The summed E-state index contributed by atoms with van der Waals surface area (Å²) in [6, 6.07) is 9.90. The average molecular weight is 414 g/mol. The van der Waals surface area contributed by atoms with Gasteiger partial charge in [0.1, 0.15) is 11.5 Å². The summed E-state index contributed by atoms with van der Waals surface area (Å²) >= 11 is 1.78. The Morgan fingerprint density at radius 1 is 1.14 bits per heavy atom. The van der Waals surface area contributed by atoms with Crippen LogP contribution in [0.5, 0.6) is 11.5 Å². The van der Waals surface area contributed by atoms with E-state index in [1.54, 1.807) is 11.3 Å². The van der Waals surface area contributed by atoms with Crippen molar-refractivity contribution in [3.05, 3.63) is 46.7 Å². The SMILES string of the molecule is CCCCN1CCC(c2cccs2)C(COc2ccc(OC(F)(F)F)cc2)C1. The van der Waals surface area contributed by atoms with Crippen molar-refractivity contribution < 1.29 is 22.6 Å². The molecule has 1 saturated heterocycles. The first kappa shape index (κ1) is 21.0. The summed E-state index contributed by atoms with van der Waals surface area (Å²) in [4.78, 5) is 3.89. The smallest absolute Gasteiger partial charge is 0.493 e. The van der Waals surface area contributed by atoms with Gasteiger partial charge in [0.05, 0.1) is 6.61 Å². The number of unbranched alkanes of at least 4 members (excludes halogenated alkanes) is 1. The van der Waals surface area contributed by atoms with Crippen molar-refractivity contribution >= 4 is 11.3 Å². The lowest BCUT2D eigenvalue weighted by Crippen LogP contribution is -2.42. The molecule has 0 bridgehead atoms. The quantitative estimate of drug-likeness (QED) is 0.535. The first-order valence-electron chi connectivity index (χ1n) is 9.69. The second-order valence-corrected chi connectivity index (χ2v) is 8.13. The van der Waals surface area contributed by atoms with Gasteiger partial charge in [-0.3, -0.25) is 0 Å². The molecule has 3 nitrogen and oxygen atoms in total. The molecule has 1 aliphatic rings. The fourth-order valence-corrected chi connectivity index (χ4v) is 4.64. The molecule has 2 aromatic rings. The van der Waals surface area contributed by atoms with Gasteiger partial charge in [0.25, 0.3) is 0 Å². The van der Waals surface area contributed by atoms with Gasteiger partial charge >= 0.3 is 6.36 Å². The molecule has 0 saturated carbocycles. The Morgan fingerprint density at radius 2 is 1.89 bits per heavy atom. The Labute approximate surface area is 168 Å². The maximum atomic E-state index is 12.3. The van der Waals surface area contributed by atoms with Gasteiger partial charge in [-0.25, -0.2) is 0 Å². The highest BCUT2D eigenvalue weighted by molar-refractivity contribution is 7.10. The van der Waals surface area contributed by atoms with E-state index >= 15 is 0 Å². The van der Waals surface area contributed by atoms with Crippen molar-refractivity contribution in [1.29, 1.82) is 0 Å². The number of thiophene rings is 1. The highest BCUT2D eigenvalue weighted by Crippen LogP contribution is 2.36. The van der Waals surface area contributed by atoms with Crippen molar-refractivity contribution in [2.75, 3.05) is 26.2 Å². The lowest BCUT2D eigenvalue weighted by molar-refractivity contribution is -0.274. The zero-order chi connectivity index (χ0) is 20.0. The van der Waals surface area contributed by atoms with Crippen molar-refractivity contribution in [3.8, 4) is 11.5 Å². The number of benzene rings is 1. The van der Waals surface area contributed by atoms with Gasteiger partial charge in [0, 0.05) is 23.3 Å². The predicted octanol–water partition coefficient (Wildman–Crippen LogP) is 5.93. The standard InChI is InChI=1S/C21H26F3NO2S/c1-2-3-11-25-12-10-19(20-5-4-13-28-20)16(14-25)15-26-17-6-8-18(9-7-17)27-21(22,23)24/h4-9,13,16,19H,2-3,10-12,14-15H2,1H3. The van der Waals surface area contributed by atoms with Crippen LogP contribution in [-0.4, -0.2) is 37.5 Å². The lowest BCUT2D eigenvalue weighted by atomic mass is 9.84. The van der Waals surface area contributed by atoms with Gasteiger partial charge in [0.15, 0.2) is 0 Å². The fraction of sp³-hybridized carbons (Fsp3) is 0.524. The molecule has 0 N–H and O–H groups in total. The molecule has 154 valence electrons. The maximum absolute atomic E-state index is 12.3. The van der Waals surface area contributed by atoms with Gasteiger partial charge in [-0.2, -0.15) is 0 Å². The Morgan fingerprint density at radius 3 is 2.54 bits per heavy atom. The molecule has 2 atom stereocenters. The molecule has 0 radical (unpaired) electrons. The molecule has 1 aromatic heterocycles. The molecule has 0 aliphatic carbocycles. The topological polar surface area (TPSA) is 21.7 Å². The highest BCUT2D eigenvalue weighted by atomic mass is 32.1. The van der Waals surface area contributed by atoms with Crippen LogP contribution < -0.4 is 9.47 Å². The van der Waals surface area contributed by atoms with Gasteiger partial charge < -0.3 is 14.4 Å². The largest absolute Gasteiger partial charge is 0.573 e. The van der Waals surface area contributed by atoms with Crippen LogP contribution in [0.25, 0.3) is 0 Å². The summed E-state index contributed by atoms with van der Waals surface area (Å²) in [6.45, 7) is 5.93. The Balaban J connectivity index is 1.61.